The summed E-state index contributed by atoms with van der Waals surface area (Å²) in [7, 11) is 0. The number of allylic oxidation sites excluding steroid dienone is 15. The van der Waals surface area contributed by atoms with E-state index in [1.165, 1.54) is 70.6 Å². The van der Waals surface area contributed by atoms with E-state index in [1.54, 1.807) is 6.08 Å². The van der Waals surface area contributed by atoms with Crippen molar-refractivity contribution in [1.29, 1.82) is 0 Å². The van der Waals surface area contributed by atoms with Crippen molar-refractivity contribution in [3.8, 4) is 0 Å². The second-order valence-corrected chi connectivity index (χ2v) is 12.9. The number of carbonyl (C=O) groups excluding carboxylic acids is 1. The monoisotopic (exact) mass is 678 g/mol. The van der Waals surface area contributed by atoms with Crippen LogP contribution in [0.5, 0.6) is 0 Å². The molecule has 0 aliphatic heterocycles. The zero-order valence-electron chi connectivity index (χ0n) is 31.7. The van der Waals surface area contributed by atoms with Gasteiger partial charge in [-0.1, -0.05) is 169 Å². The molecule has 4 nitrogen and oxygen atoms in total. The summed E-state index contributed by atoms with van der Waals surface area (Å²) in [5.41, 5.74) is 0. The summed E-state index contributed by atoms with van der Waals surface area (Å²) in [6.07, 6.45) is 59.3. The van der Waals surface area contributed by atoms with E-state index in [1.807, 2.05) is 6.08 Å². The van der Waals surface area contributed by atoms with Crippen molar-refractivity contribution in [2.45, 2.75) is 174 Å². The summed E-state index contributed by atoms with van der Waals surface area (Å²) in [5, 5.41) is 22.9. The quantitative estimate of drug-likeness (QED) is 0.0469. The minimum atomic E-state index is -0.899. The molecule has 49 heavy (non-hydrogen) atoms. The molecular weight excluding hydrogens is 602 g/mol. The summed E-state index contributed by atoms with van der Waals surface area (Å²) in [6, 6.07) is -0.680. The predicted molar refractivity (Wildman–Crippen MR) is 216 cm³/mol. The Labute approximate surface area is 303 Å². The van der Waals surface area contributed by atoms with E-state index < -0.39 is 12.1 Å². The third-order valence-corrected chi connectivity index (χ3v) is 8.28. The van der Waals surface area contributed by atoms with Gasteiger partial charge in [-0.3, -0.25) is 4.79 Å². The van der Waals surface area contributed by atoms with Gasteiger partial charge in [-0.15, -0.1) is 0 Å². The van der Waals surface area contributed by atoms with Gasteiger partial charge in [-0.25, -0.2) is 0 Å². The van der Waals surface area contributed by atoms with E-state index >= 15 is 0 Å². The summed E-state index contributed by atoms with van der Waals surface area (Å²) < 4.78 is 0. The number of amides is 1. The number of rotatable bonds is 34. The van der Waals surface area contributed by atoms with Gasteiger partial charge in [0.25, 0.3) is 0 Å². The van der Waals surface area contributed by atoms with Crippen LogP contribution in [0.25, 0.3) is 0 Å². The molecule has 278 valence electrons. The number of unbranched alkanes of at least 4 members (excludes halogenated alkanes) is 13. The normalized spacial score (nSPS) is 14.1. The smallest absolute Gasteiger partial charge is 0.220 e. The first-order valence-electron chi connectivity index (χ1n) is 20.0. The summed E-state index contributed by atoms with van der Waals surface area (Å²) in [5.74, 6) is -0.140. The SMILES string of the molecule is CC/C=C\C/C=C\C/C=C\C/C=C\C/C=C\CCCC(=O)NC(CO)C(O)/C=C/CC/C=C/CC/C=C/CCCCCCCCCCCC. The van der Waals surface area contributed by atoms with Crippen LogP contribution < -0.4 is 5.32 Å². The molecule has 0 saturated heterocycles. The molecule has 0 saturated carbocycles. The molecule has 0 heterocycles. The minimum Gasteiger partial charge on any atom is -0.394 e. The van der Waals surface area contributed by atoms with E-state index in [4.69, 9.17) is 0 Å². The second-order valence-electron chi connectivity index (χ2n) is 12.9. The predicted octanol–water partition coefficient (Wildman–Crippen LogP) is 12.3. The van der Waals surface area contributed by atoms with Crippen LogP contribution in [-0.2, 0) is 4.79 Å². The van der Waals surface area contributed by atoms with Crippen molar-refractivity contribution in [3.63, 3.8) is 0 Å². The van der Waals surface area contributed by atoms with Gasteiger partial charge in [-0.2, -0.15) is 0 Å². The van der Waals surface area contributed by atoms with Crippen molar-refractivity contribution in [1.82, 2.24) is 5.32 Å². The van der Waals surface area contributed by atoms with E-state index in [9.17, 15) is 15.0 Å². The number of aliphatic hydroxyl groups excluding tert-OH is 2. The maximum absolute atomic E-state index is 12.3. The molecule has 1 amide bonds. The fraction of sp³-hybridized carbons (Fsp3) is 0.622. The maximum atomic E-state index is 12.3. The zero-order chi connectivity index (χ0) is 35.7. The average Bonchev–Trinajstić information content (AvgIpc) is 3.10. The first-order chi connectivity index (χ1) is 24.2. The molecule has 0 fully saturated rings. The van der Waals surface area contributed by atoms with Crippen LogP contribution >= 0.6 is 0 Å². The van der Waals surface area contributed by atoms with E-state index in [0.717, 1.165) is 70.6 Å². The molecule has 0 rings (SSSR count). The molecule has 2 atom stereocenters. The van der Waals surface area contributed by atoms with Crippen LogP contribution in [0, 0.1) is 0 Å². The summed E-state index contributed by atoms with van der Waals surface area (Å²) >= 11 is 0. The Morgan fingerprint density at radius 2 is 0.918 bits per heavy atom. The molecule has 2 unspecified atom stereocenters. The van der Waals surface area contributed by atoms with E-state index in [0.29, 0.717) is 6.42 Å². The zero-order valence-corrected chi connectivity index (χ0v) is 31.7. The summed E-state index contributed by atoms with van der Waals surface area (Å²) in [4.78, 5) is 12.3. The lowest BCUT2D eigenvalue weighted by Crippen LogP contribution is -2.45. The van der Waals surface area contributed by atoms with Gasteiger partial charge < -0.3 is 15.5 Å². The first kappa shape index (κ1) is 46.3. The lowest BCUT2D eigenvalue weighted by molar-refractivity contribution is -0.122. The Hall–Kier alpha value is -2.69. The number of nitrogens with one attached hydrogen (secondary N) is 1. The van der Waals surface area contributed by atoms with Crippen LogP contribution in [-0.4, -0.2) is 34.9 Å². The van der Waals surface area contributed by atoms with Crippen molar-refractivity contribution < 1.29 is 15.0 Å². The van der Waals surface area contributed by atoms with Gasteiger partial charge in [0.2, 0.25) is 5.91 Å². The highest BCUT2D eigenvalue weighted by molar-refractivity contribution is 5.76. The van der Waals surface area contributed by atoms with Crippen molar-refractivity contribution in [2.24, 2.45) is 0 Å². The first-order valence-corrected chi connectivity index (χ1v) is 20.0. The van der Waals surface area contributed by atoms with Crippen LogP contribution in [0.2, 0.25) is 0 Å². The Morgan fingerprint density at radius 1 is 0.510 bits per heavy atom. The highest BCUT2D eigenvalue weighted by Gasteiger charge is 2.17. The Morgan fingerprint density at radius 3 is 1.43 bits per heavy atom. The lowest BCUT2D eigenvalue weighted by Gasteiger charge is -2.19. The second kappa shape index (κ2) is 39.7. The molecular formula is C45H75NO3. The molecule has 0 aromatic heterocycles. The lowest BCUT2D eigenvalue weighted by atomic mass is 10.1. The van der Waals surface area contributed by atoms with Gasteiger partial charge in [0.15, 0.2) is 0 Å². The maximum Gasteiger partial charge on any atom is 0.220 e. The van der Waals surface area contributed by atoms with Gasteiger partial charge >= 0.3 is 0 Å². The highest BCUT2D eigenvalue weighted by atomic mass is 16.3. The standard InChI is InChI=1S/C45H75NO3/c1-3-5-7-9-11-13-15-17-19-21-22-23-25-26-28-30-32-34-36-38-40-44(48)43(42-47)46-45(49)41-39-37-35-33-31-29-27-24-20-18-16-14-12-10-8-6-4-2/h6,8,12,14,18,20,23,25,27,29-30,32-33,35,38,40,43-44,47-48H,3-5,7,9-11,13,15-17,19,21-22,24,26,28,31,34,36-37,39,41-42H2,1-2H3,(H,46,49)/b8-6-,14-12-,20-18-,25-23+,29-27-,32-30+,35-33-,40-38+. The topological polar surface area (TPSA) is 69.6 Å². The molecule has 4 heteroatoms. The fourth-order valence-corrected chi connectivity index (χ4v) is 5.24. The number of aliphatic hydroxyl groups is 2. The number of hydrogen-bond acceptors (Lipinski definition) is 3. The Balaban J connectivity index is 3.82. The van der Waals surface area contributed by atoms with Gasteiger partial charge in [0, 0.05) is 6.42 Å². The van der Waals surface area contributed by atoms with Crippen molar-refractivity contribution in [2.75, 3.05) is 6.61 Å². The molecule has 0 aliphatic rings. The van der Waals surface area contributed by atoms with E-state index in [-0.39, 0.29) is 12.5 Å². The fourth-order valence-electron chi connectivity index (χ4n) is 5.24. The number of hydrogen-bond donors (Lipinski definition) is 3. The number of carbonyl (C=O) groups is 1. The van der Waals surface area contributed by atoms with Crippen LogP contribution in [0.4, 0.5) is 0 Å². The molecule has 0 aliphatic carbocycles. The average molecular weight is 678 g/mol. The van der Waals surface area contributed by atoms with Crippen LogP contribution in [0.15, 0.2) is 97.2 Å². The molecule has 0 aromatic rings. The summed E-state index contributed by atoms with van der Waals surface area (Å²) in [6.45, 7) is 4.13. The minimum absolute atomic E-state index is 0.140. The largest absolute Gasteiger partial charge is 0.394 e. The van der Waals surface area contributed by atoms with E-state index in [2.05, 4.69) is 104 Å². The third-order valence-electron chi connectivity index (χ3n) is 8.28. The van der Waals surface area contributed by atoms with Crippen molar-refractivity contribution >= 4 is 5.91 Å². The molecule has 0 spiro atoms. The third kappa shape index (κ3) is 36.4. The molecule has 0 bridgehead atoms. The van der Waals surface area contributed by atoms with Crippen LogP contribution in [0.3, 0.4) is 0 Å². The Kier molecular flexibility index (Phi) is 37.6. The molecule has 3 N–H and O–H groups in total. The van der Waals surface area contributed by atoms with Gasteiger partial charge in [-0.05, 0) is 83.5 Å². The highest BCUT2D eigenvalue weighted by Crippen LogP contribution is 2.12. The van der Waals surface area contributed by atoms with Crippen molar-refractivity contribution in [3.05, 3.63) is 97.2 Å². The van der Waals surface area contributed by atoms with Gasteiger partial charge in [0.05, 0.1) is 18.8 Å². The molecule has 0 aromatic carbocycles. The van der Waals surface area contributed by atoms with Gasteiger partial charge in [0.1, 0.15) is 0 Å². The Bertz CT molecular complexity index is 952. The molecule has 0 radical (unpaired) electrons. The van der Waals surface area contributed by atoms with Crippen LogP contribution in [0.1, 0.15) is 162 Å².